The van der Waals surface area contributed by atoms with Gasteiger partial charge in [0, 0.05) is 60.5 Å². The number of likely N-dealkylation sites (N-methyl/N-ethyl adjacent to an activating group) is 2. The van der Waals surface area contributed by atoms with Crippen molar-refractivity contribution in [1.82, 2.24) is 19.4 Å². The lowest BCUT2D eigenvalue weighted by Gasteiger charge is -2.62. The molecule has 0 aliphatic heterocycles. The van der Waals surface area contributed by atoms with Crippen LogP contribution in [0, 0.1) is 27.4 Å². The van der Waals surface area contributed by atoms with Crippen LogP contribution >= 0.6 is 0 Å². The highest BCUT2D eigenvalue weighted by atomic mass is 16.6. The molecule has 1 N–H and O–H groups in total. The summed E-state index contributed by atoms with van der Waals surface area (Å²) in [6.07, 6.45) is 7.17. The summed E-state index contributed by atoms with van der Waals surface area (Å²) in [5, 5.41) is 26.1. The third-order valence-electron chi connectivity index (χ3n) is 8.43. The Morgan fingerprint density at radius 3 is 2.61 bits per heavy atom. The minimum absolute atomic E-state index is 0.0648. The molecule has 11 heteroatoms. The number of aromatic nitrogens is 3. The number of methoxy groups -OCH3 is 1. The molecule has 0 saturated heterocycles. The summed E-state index contributed by atoms with van der Waals surface area (Å²) in [6.45, 7) is 1.33. The molecule has 0 spiro atoms. The molecule has 2 bridgehead atoms. The summed E-state index contributed by atoms with van der Waals surface area (Å²) in [5.74, 6) is 1.45. The highest BCUT2D eigenvalue weighted by Gasteiger charge is 2.58. The summed E-state index contributed by atoms with van der Waals surface area (Å²) >= 11 is 0. The van der Waals surface area contributed by atoms with E-state index in [1.807, 2.05) is 43.1 Å². The van der Waals surface area contributed by atoms with Crippen molar-refractivity contribution in [3.8, 4) is 23.1 Å². The number of benzene rings is 2. The van der Waals surface area contributed by atoms with Gasteiger partial charge in [0.1, 0.15) is 17.5 Å². The first-order valence-electron chi connectivity index (χ1n) is 13.6. The van der Waals surface area contributed by atoms with E-state index in [1.165, 1.54) is 38.6 Å². The molecule has 210 valence electrons. The largest absolute Gasteiger partial charge is 0.494 e. The molecule has 11 nitrogen and oxygen atoms in total. The first kappa shape index (κ1) is 26.5. The Balaban J connectivity index is 1.39. The van der Waals surface area contributed by atoms with Crippen molar-refractivity contribution in [2.24, 2.45) is 5.92 Å². The second kappa shape index (κ2) is 10.1. The van der Waals surface area contributed by atoms with Crippen molar-refractivity contribution in [2.45, 2.75) is 24.8 Å². The van der Waals surface area contributed by atoms with Gasteiger partial charge in [-0.2, -0.15) is 5.26 Å². The van der Waals surface area contributed by atoms with Gasteiger partial charge < -0.3 is 24.4 Å². The van der Waals surface area contributed by atoms with Gasteiger partial charge in [0.15, 0.2) is 0 Å². The molecule has 0 radical (unpaired) electrons. The predicted octanol–water partition coefficient (Wildman–Crippen LogP) is 5.14. The Bertz CT molecular complexity index is 1690. The van der Waals surface area contributed by atoms with Gasteiger partial charge in [-0.05, 0) is 45.3 Å². The Hall–Kier alpha value is -4.69. The van der Waals surface area contributed by atoms with E-state index in [4.69, 9.17) is 9.72 Å². The summed E-state index contributed by atoms with van der Waals surface area (Å²) in [4.78, 5) is 24.6. The number of nitriles is 1. The fourth-order valence-electron chi connectivity index (χ4n) is 6.08. The predicted molar refractivity (Wildman–Crippen MR) is 158 cm³/mol. The lowest BCUT2D eigenvalue weighted by molar-refractivity contribution is -0.384. The fourth-order valence-corrected chi connectivity index (χ4v) is 6.08. The van der Waals surface area contributed by atoms with E-state index in [9.17, 15) is 15.4 Å². The number of fused-ring (bicyclic) bond motifs is 1. The average Bonchev–Trinajstić information content (AvgIpc) is 3.28. The molecule has 2 heterocycles. The molecule has 3 saturated carbocycles. The molecule has 7 rings (SSSR count). The minimum Gasteiger partial charge on any atom is -0.494 e. The van der Waals surface area contributed by atoms with Crippen molar-refractivity contribution in [3.05, 3.63) is 64.5 Å². The molecule has 2 aromatic heterocycles. The van der Waals surface area contributed by atoms with E-state index >= 15 is 0 Å². The van der Waals surface area contributed by atoms with Crippen LogP contribution in [0.25, 0.3) is 22.2 Å². The molecule has 3 aliphatic carbocycles. The van der Waals surface area contributed by atoms with Gasteiger partial charge in [-0.15, -0.1) is 0 Å². The highest BCUT2D eigenvalue weighted by Crippen LogP contribution is 2.63. The number of rotatable bonds is 10. The van der Waals surface area contributed by atoms with Crippen molar-refractivity contribution in [3.63, 3.8) is 0 Å². The quantitative estimate of drug-likeness (QED) is 0.210. The number of hydrogen-bond acceptors (Lipinski definition) is 9. The molecule has 0 atom stereocenters. The van der Waals surface area contributed by atoms with Crippen LogP contribution < -0.4 is 15.0 Å². The van der Waals surface area contributed by atoms with Gasteiger partial charge >= 0.3 is 0 Å². The summed E-state index contributed by atoms with van der Waals surface area (Å²) < 4.78 is 7.98. The summed E-state index contributed by atoms with van der Waals surface area (Å²) in [6, 6.07) is 13.5. The van der Waals surface area contributed by atoms with E-state index in [0.29, 0.717) is 34.9 Å². The van der Waals surface area contributed by atoms with Crippen LogP contribution in [-0.2, 0) is 5.54 Å². The van der Waals surface area contributed by atoms with Crippen molar-refractivity contribution in [2.75, 3.05) is 51.6 Å². The van der Waals surface area contributed by atoms with E-state index in [-0.39, 0.29) is 17.2 Å². The fraction of sp³-hybridized carbons (Fsp3) is 0.367. The number of nitrogens with one attached hydrogen (secondary N) is 1. The third kappa shape index (κ3) is 4.50. The lowest BCUT2D eigenvalue weighted by atomic mass is 9.49. The first-order valence-corrected chi connectivity index (χ1v) is 13.6. The molecule has 0 unspecified atom stereocenters. The van der Waals surface area contributed by atoms with Crippen molar-refractivity contribution >= 4 is 33.9 Å². The van der Waals surface area contributed by atoms with E-state index in [1.54, 1.807) is 6.07 Å². The summed E-state index contributed by atoms with van der Waals surface area (Å²) in [5.41, 5.74) is 3.76. The van der Waals surface area contributed by atoms with Gasteiger partial charge in [0.2, 0.25) is 5.95 Å². The van der Waals surface area contributed by atoms with Crippen LogP contribution in [0.3, 0.4) is 0 Å². The van der Waals surface area contributed by atoms with Crippen molar-refractivity contribution in [1.29, 1.82) is 5.26 Å². The van der Waals surface area contributed by atoms with Crippen LogP contribution in [0.2, 0.25) is 0 Å². The lowest BCUT2D eigenvalue weighted by Crippen LogP contribution is -2.58. The minimum atomic E-state index is -0.406. The maximum absolute atomic E-state index is 12.1. The zero-order valence-corrected chi connectivity index (χ0v) is 23.6. The third-order valence-corrected chi connectivity index (χ3v) is 8.43. The monoisotopic (exact) mass is 552 g/mol. The first-order chi connectivity index (χ1) is 19.7. The maximum atomic E-state index is 12.1. The van der Waals surface area contributed by atoms with Crippen molar-refractivity contribution < 1.29 is 9.66 Å². The van der Waals surface area contributed by atoms with Gasteiger partial charge in [0.25, 0.3) is 5.69 Å². The smallest absolute Gasteiger partial charge is 0.294 e. The number of para-hydroxylation sites is 1. The second-order valence-corrected chi connectivity index (χ2v) is 11.3. The molecule has 2 aromatic carbocycles. The second-order valence-electron chi connectivity index (χ2n) is 11.3. The van der Waals surface area contributed by atoms with Gasteiger partial charge in [0.05, 0.1) is 35.2 Å². The van der Waals surface area contributed by atoms with Crippen LogP contribution in [0.15, 0.2) is 48.8 Å². The van der Waals surface area contributed by atoms with Crippen LogP contribution in [0.1, 0.15) is 24.8 Å². The number of hydrogen-bond donors (Lipinski definition) is 1. The Morgan fingerprint density at radius 2 is 1.98 bits per heavy atom. The Labute approximate surface area is 238 Å². The molecule has 3 fully saturated rings. The molecule has 4 aromatic rings. The highest BCUT2D eigenvalue weighted by molar-refractivity contribution is 5.97. The van der Waals surface area contributed by atoms with E-state index in [0.717, 1.165) is 28.9 Å². The zero-order chi connectivity index (χ0) is 28.9. The Kier molecular flexibility index (Phi) is 6.50. The number of anilines is 3. The zero-order valence-electron chi connectivity index (χ0n) is 23.6. The molecule has 41 heavy (non-hydrogen) atoms. The van der Waals surface area contributed by atoms with Gasteiger partial charge in [-0.3, -0.25) is 10.1 Å². The standard InChI is InChI=1S/C30H32N8O3/c1-35(2)9-10-36(3)25-12-27(41-4)23(11-26(25)38(39)40)33-29-32-17-20(16-31)28(34-29)22-18-37(30-13-19(14-30)15-30)24-8-6-5-7-21(22)24/h5-8,11-12,17-19H,9-10,13-15H2,1-4H3,(H,32,33,34). The van der Waals surface area contributed by atoms with Crippen LogP contribution in [-0.4, -0.2) is 65.7 Å². The Morgan fingerprint density at radius 1 is 1.22 bits per heavy atom. The SMILES string of the molecule is COc1cc(N(C)CCN(C)C)c([N+](=O)[O-])cc1Nc1ncc(C#N)c(-c2cn(C34CC(C3)C4)c3ccccc23)n1. The van der Waals surface area contributed by atoms with Gasteiger partial charge in [-0.25, -0.2) is 9.97 Å². The number of ether oxygens (including phenoxy) is 1. The maximum Gasteiger partial charge on any atom is 0.294 e. The molecular formula is C30H32N8O3. The summed E-state index contributed by atoms with van der Waals surface area (Å²) in [7, 11) is 7.24. The normalized spacial score (nSPS) is 18.9. The number of nitro groups is 1. The van der Waals surface area contributed by atoms with Crippen LogP contribution in [0.5, 0.6) is 5.75 Å². The number of nitro benzene ring substituents is 1. The average molecular weight is 553 g/mol. The van der Waals surface area contributed by atoms with Gasteiger partial charge in [-0.1, -0.05) is 18.2 Å². The molecule has 0 amide bonds. The molecule has 3 aliphatic rings. The van der Waals surface area contributed by atoms with E-state index < -0.39 is 4.92 Å². The topological polar surface area (TPSA) is 125 Å². The molecular weight excluding hydrogens is 520 g/mol. The number of nitrogens with zero attached hydrogens (tertiary/aromatic N) is 7. The van der Waals surface area contributed by atoms with Crippen LogP contribution in [0.4, 0.5) is 23.0 Å². The van der Waals surface area contributed by atoms with E-state index in [2.05, 4.69) is 39.3 Å².